The van der Waals surface area contributed by atoms with Crippen LogP contribution in [0.5, 0.6) is 0 Å². The van der Waals surface area contributed by atoms with Crippen molar-refractivity contribution < 1.29 is 14.0 Å². The number of benzene rings is 1. The number of halogens is 1. The molecule has 0 radical (unpaired) electrons. The molecule has 0 aliphatic carbocycles. The van der Waals surface area contributed by atoms with Gasteiger partial charge in [0.15, 0.2) is 0 Å². The molecule has 0 spiro atoms. The smallest absolute Gasteiger partial charge is 0.256 e. The number of hydrogen-bond acceptors (Lipinski definition) is 5. The van der Waals surface area contributed by atoms with Gasteiger partial charge in [0, 0.05) is 76.6 Å². The number of aromatic nitrogens is 2. The van der Waals surface area contributed by atoms with Gasteiger partial charge in [-0.1, -0.05) is 13.8 Å². The number of pyridine rings is 1. The highest BCUT2D eigenvalue weighted by Crippen LogP contribution is 2.34. The minimum absolute atomic E-state index is 0.00653. The molecule has 1 aromatic carbocycles. The Balaban J connectivity index is 1.30. The third kappa shape index (κ3) is 7.46. The maximum Gasteiger partial charge on any atom is 0.256 e. The lowest BCUT2D eigenvalue weighted by atomic mass is 9.96. The summed E-state index contributed by atoms with van der Waals surface area (Å²) in [5.74, 6) is 0.690. The van der Waals surface area contributed by atoms with Crippen LogP contribution in [0.2, 0.25) is 0 Å². The van der Waals surface area contributed by atoms with E-state index in [4.69, 9.17) is 0 Å². The molecule has 9 heteroatoms. The van der Waals surface area contributed by atoms with E-state index in [9.17, 15) is 14.0 Å². The molecule has 3 aromatic rings. The van der Waals surface area contributed by atoms with E-state index in [0.29, 0.717) is 29.1 Å². The highest BCUT2D eigenvalue weighted by molar-refractivity contribution is 5.99. The zero-order valence-electron chi connectivity index (χ0n) is 28.9. The maximum atomic E-state index is 14.5. The standard InChI is InChI=1S/C37H53FN6O2/c1-25(2)33(9-8-13-41-15-17-42(18-16-41)28(6)45)43-14-12-29(23-43)19-30-24-44(35-22-39-21-27(5)36(30)35)34-11-10-31(38)20-32(34)37(46)40(7)26(3)4/h10-11,20-22,24-26,29,33H,8-9,12-19,23H2,1-7H3/t29-,33?/m1/s1. The lowest BCUT2D eigenvalue weighted by molar-refractivity contribution is -0.130. The summed E-state index contributed by atoms with van der Waals surface area (Å²) in [4.78, 5) is 38.5. The Labute approximate surface area is 274 Å². The van der Waals surface area contributed by atoms with E-state index in [2.05, 4.69) is 41.8 Å². The molecule has 2 aliphatic rings. The van der Waals surface area contributed by atoms with E-state index in [1.54, 1.807) is 24.9 Å². The molecule has 0 bridgehead atoms. The van der Waals surface area contributed by atoms with Crippen LogP contribution in [0, 0.1) is 24.6 Å². The number of amides is 2. The van der Waals surface area contributed by atoms with Gasteiger partial charge in [-0.25, -0.2) is 4.39 Å². The average molecular weight is 633 g/mol. The van der Waals surface area contributed by atoms with Crippen LogP contribution in [-0.4, -0.2) is 106 Å². The van der Waals surface area contributed by atoms with Crippen molar-refractivity contribution in [3.05, 3.63) is 59.3 Å². The van der Waals surface area contributed by atoms with Crippen molar-refractivity contribution in [3.63, 3.8) is 0 Å². The van der Waals surface area contributed by atoms with Gasteiger partial charge in [0.2, 0.25) is 5.91 Å². The SMILES string of the molecule is CC(=O)N1CCN(CCCC(C(C)C)N2CC[C@H](Cc3cn(-c4ccc(F)cc4C(=O)N(C)C(C)C)c4cncc(C)c34)C2)CC1. The van der Waals surface area contributed by atoms with Gasteiger partial charge in [-0.2, -0.15) is 0 Å². The normalized spacial score (nSPS) is 18.7. The van der Waals surface area contributed by atoms with Gasteiger partial charge >= 0.3 is 0 Å². The average Bonchev–Trinajstić information content (AvgIpc) is 3.64. The van der Waals surface area contributed by atoms with Crippen molar-refractivity contribution in [2.45, 2.75) is 79.3 Å². The first-order chi connectivity index (χ1) is 21.9. The van der Waals surface area contributed by atoms with Crippen LogP contribution in [0.15, 0.2) is 36.8 Å². The summed E-state index contributed by atoms with van der Waals surface area (Å²) in [7, 11) is 1.76. The molecule has 0 N–H and O–H groups in total. The third-order valence-electron chi connectivity index (χ3n) is 10.4. The largest absolute Gasteiger partial charge is 0.340 e. The summed E-state index contributed by atoms with van der Waals surface area (Å²) < 4.78 is 16.5. The Morgan fingerprint density at radius 2 is 1.80 bits per heavy atom. The minimum atomic E-state index is -0.420. The summed E-state index contributed by atoms with van der Waals surface area (Å²) in [5, 5.41) is 1.18. The number of piperazine rings is 1. The topological polar surface area (TPSA) is 64.9 Å². The Kier molecular flexibility index (Phi) is 10.8. The number of rotatable bonds is 11. The molecule has 4 heterocycles. The van der Waals surface area contributed by atoms with E-state index in [-0.39, 0.29) is 17.9 Å². The molecule has 2 aliphatic heterocycles. The second-order valence-electron chi connectivity index (χ2n) is 14.2. The Morgan fingerprint density at radius 1 is 1.07 bits per heavy atom. The number of aryl methyl sites for hydroxylation is 1. The predicted octanol–water partition coefficient (Wildman–Crippen LogP) is 5.79. The van der Waals surface area contributed by atoms with Crippen LogP contribution in [0.3, 0.4) is 0 Å². The Hall–Kier alpha value is -3.30. The zero-order chi connectivity index (χ0) is 33.1. The van der Waals surface area contributed by atoms with Gasteiger partial charge < -0.3 is 14.4 Å². The fraction of sp³-hybridized carbons (Fsp3) is 0.595. The van der Waals surface area contributed by atoms with Crippen molar-refractivity contribution in [1.82, 2.24) is 29.2 Å². The number of likely N-dealkylation sites (tertiary alicyclic amines) is 1. The summed E-state index contributed by atoms with van der Waals surface area (Å²) in [5.41, 5.74) is 4.35. The molecule has 2 fully saturated rings. The lowest BCUT2D eigenvalue weighted by Crippen LogP contribution is -2.48. The monoisotopic (exact) mass is 632 g/mol. The van der Waals surface area contributed by atoms with Gasteiger partial charge in [-0.05, 0) is 101 Å². The van der Waals surface area contributed by atoms with E-state index in [0.717, 1.165) is 69.7 Å². The van der Waals surface area contributed by atoms with Crippen molar-refractivity contribution in [1.29, 1.82) is 0 Å². The van der Waals surface area contributed by atoms with E-state index >= 15 is 0 Å². The highest BCUT2D eigenvalue weighted by atomic mass is 19.1. The van der Waals surface area contributed by atoms with Gasteiger partial charge in [-0.3, -0.25) is 24.4 Å². The molecule has 2 aromatic heterocycles. The van der Waals surface area contributed by atoms with Crippen LogP contribution in [0.4, 0.5) is 4.39 Å². The van der Waals surface area contributed by atoms with Gasteiger partial charge in [-0.15, -0.1) is 0 Å². The van der Waals surface area contributed by atoms with Crippen molar-refractivity contribution in [2.24, 2.45) is 11.8 Å². The number of carbonyl (C=O) groups excluding carboxylic acids is 2. The zero-order valence-corrected chi connectivity index (χ0v) is 28.9. The molecule has 5 rings (SSSR count). The van der Waals surface area contributed by atoms with Crippen LogP contribution in [0.1, 0.15) is 75.4 Å². The number of carbonyl (C=O) groups is 2. The first kappa shape index (κ1) is 34.0. The molecule has 2 saturated heterocycles. The molecule has 8 nitrogen and oxygen atoms in total. The fourth-order valence-electron chi connectivity index (χ4n) is 7.50. The summed E-state index contributed by atoms with van der Waals surface area (Å²) in [6, 6.07) is 5.06. The maximum absolute atomic E-state index is 14.5. The summed E-state index contributed by atoms with van der Waals surface area (Å²) in [6.45, 7) is 19.3. The molecular formula is C37H53FN6O2. The first-order valence-corrected chi connectivity index (χ1v) is 17.2. The molecular weight excluding hydrogens is 579 g/mol. The molecule has 250 valence electrons. The van der Waals surface area contributed by atoms with Crippen molar-refractivity contribution >= 4 is 22.7 Å². The first-order valence-electron chi connectivity index (χ1n) is 17.2. The quantitative estimate of drug-likeness (QED) is 0.268. The second-order valence-corrected chi connectivity index (χ2v) is 14.2. The Morgan fingerprint density at radius 3 is 2.48 bits per heavy atom. The molecule has 2 atom stereocenters. The predicted molar refractivity (Wildman–Crippen MR) is 183 cm³/mol. The lowest BCUT2D eigenvalue weighted by Gasteiger charge is -2.35. The Bertz CT molecular complexity index is 1530. The van der Waals surface area contributed by atoms with Crippen molar-refractivity contribution in [2.75, 3.05) is 52.9 Å². The number of fused-ring (bicyclic) bond motifs is 1. The molecule has 1 unspecified atom stereocenters. The van der Waals surface area contributed by atoms with E-state index in [1.807, 2.05) is 35.7 Å². The second kappa shape index (κ2) is 14.6. The van der Waals surface area contributed by atoms with Gasteiger partial charge in [0.25, 0.3) is 5.91 Å². The van der Waals surface area contributed by atoms with E-state index in [1.165, 1.54) is 35.9 Å². The van der Waals surface area contributed by atoms with E-state index < -0.39 is 5.82 Å². The molecule has 46 heavy (non-hydrogen) atoms. The third-order valence-corrected chi connectivity index (χ3v) is 10.4. The van der Waals surface area contributed by atoms with Crippen molar-refractivity contribution in [3.8, 4) is 5.69 Å². The number of hydrogen-bond donors (Lipinski definition) is 0. The number of nitrogens with zero attached hydrogens (tertiary/aromatic N) is 6. The van der Waals surface area contributed by atoms with Crippen LogP contribution < -0.4 is 0 Å². The molecule has 0 saturated carbocycles. The minimum Gasteiger partial charge on any atom is -0.340 e. The van der Waals surface area contributed by atoms with Gasteiger partial charge in [0.05, 0.1) is 23.0 Å². The van der Waals surface area contributed by atoms with Crippen LogP contribution in [0.25, 0.3) is 16.6 Å². The van der Waals surface area contributed by atoms with Crippen LogP contribution in [-0.2, 0) is 11.2 Å². The fourth-order valence-corrected chi connectivity index (χ4v) is 7.50. The molecule has 2 amide bonds. The summed E-state index contributed by atoms with van der Waals surface area (Å²) >= 11 is 0. The highest BCUT2D eigenvalue weighted by Gasteiger charge is 2.31. The summed E-state index contributed by atoms with van der Waals surface area (Å²) in [6.07, 6.45) is 10.4. The van der Waals surface area contributed by atoms with Gasteiger partial charge in [0.1, 0.15) is 5.82 Å². The van der Waals surface area contributed by atoms with Crippen LogP contribution >= 0.6 is 0 Å².